The van der Waals surface area contributed by atoms with E-state index >= 15 is 0 Å². The van der Waals surface area contributed by atoms with Gasteiger partial charge in [-0.15, -0.1) is 11.3 Å². The van der Waals surface area contributed by atoms with E-state index in [2.05, 4.69) is 14.8 Å². The predicted octanol–water partition coefficient (Wildman–Crippen LogP) is 2.37. The summed E-state index contributed by atoms with van der Waals surface area (Å²) in [6.45, 7) is 3.35. The van der Waals surface area contributed by atoms with Crippen LogP contribution < -0.4 is 15.4 Å². The van der Waals surface area contributed by atoms with Gasteiger partial charge in [0.05, 0.1) is 7.11 Å². The molecule has 1 aliphatic heterocycles. The summed E-state index contributed by atoms with van der Waals surface area (Å²) in [4.78, 5) is 19.6. The maximum Gasteiger partial charge on any atom is 0.268 e. The minimum absolute atomic E-state index is 0.194. The van der Waals surface area contributed by atoms with Crippen molar-refractivity contribution in [1.82, 2.24) is 9.88 Å². The van der Waals surface area contributed by atoms with E-state index in [1.807, 2.05) is 0 Å². The largest absolute Gasteiger partial charge is 0.494 e. The minimum Gasteiger partial charge on any atom is -0.494 e. The van der Waals surface area contributed by atoms with E-state index in [1.165, 1.54) is 24.5 Å². The van der Waals surface area contributed by atoms with Gasteiger partial charge in [0.1, 0.15) is 5.69 Å². The molecule has 1 fully saturated rings. The standard InChI is InChI=1S/C16H18ClFN4O2S/c1-24-13-3-2-11(17)10(14(13)18)8-21-4-6-22(7-5-21)16-20-12(9-25-16)15(19)23/h2-3,9H,4-8H2,1H3,(H2,19,23). The molecule has 0 spiro atoms. The van der Waals surface area contributed by atoms with E-state index in [1.54, 1.807) is 11.4 Å². The van der Waals surface area contributed by atoms with Gasteiger partial charge in [0.2, 0.25) is 0 Å². The van der Waals surface area contributed by atoms with E-state index < -0.39 is 11.7 Å². The van der Waals surface area contributed by atoms with Gasteiger partial charge in [0, 0.05) is 48.7 Å². The van der Waals surface area contributed by atoms with Gasteiger partial charge in [0.15, 0.2) is 16.7 Å². The quantitative estimate of drug-likeness (QED) is 0.856. The Balaban J connectivity index is 1.64. The van der Waals surface area contributed by atoms with Gasteiger partial charge in [-0.05, 0) is 12.1 Å². The average molecular weight is 385 g/mol. The third kappa shape index (κ3) is 3.86. The van der Waals surface area contributed by atoms with Gasteiger partial charge < -0.3 is 15.4 Å². The smallest absolute Gasteiger partial charge is 0.268 e. The van der Waals surface area contributed by atoms with E-state index in [-0.39, 0.29) is 11.4 Å². The summed E-state index contributed by atoms with van der Waals surface area (Å²) in [7, 11) is 1.43. The molecular formula is C16H18ClFN4O2S. The van der Waals surface area contributed by atoms with Crippen LogP contribution in [0.4, 0.5) is 9.52 Å². The molecular weight excluding hydrogens is 367 g/mol. The van der Waals surface area contributed by atoms with Gasteiger partial charge >= 0.3 is 0 Å². The van der Waals surface area contributed by atoms with Crippen LogP contribution in [-0.4, -0.2) is 49.1 Å². The van der Waals surface area contributed by atoms with Crippen molar-refractivity contribution in [2.45, 2.75) is 6.54 Å². The van der Waals surface area contributed by atoms with Crippen molar-refractivity contribution >= 4 is 34.0 Å². The number of anilines is 1. The summed E-state index contributed by atoms with van der Waals surface area (Å²) in [5, 5.41) is 2.83. The lowest BCUT2D eigenvalue weighted by molar-refractivity contribution is 0.0996. The molecule has 2 aromatic rings. The normalized spacial score (nSPS) is 15.4. The number of amides is 1. The third-order valence-electron chi connectivity index (χ3n) is 4.14. The van der Waals surface area contributed by atoms with Crippen molar-refractivity contribution in [2.24, 2.45) is 5.73 Å². The first-order chi connectivity index (χ1) is 12.0. The van der Waals surface area contributed by atoms with Crippen LogP contribution in [0.1, 0.15) is 16.1 Å². The number of primary amides is 1. The zero-order chi connectivity index (χ0) is 18.0. The van der Waals surface area contributed by atoms with Crippen LogP contribution in [0.25, 0.3) is 0 Å². The number of nitrogens with two attached hydrogens (primary N) is 1. The summed E-state index contributed by atoms with van der Waals surface area (Å²) in [5.41, 5.74) is 5.97. The lowest BCUT2D eigenvalue weighted by Gasteiger charge is -2.34. The maximum absolute atomic E-state index is 14.4. The van der Waals surface area contributed by atoms with Crippen LogP contribution in [0, 0.1) is 5.82 Å². The number of nitrogens with zero attached hydrogens (tertiary/aromatic N) is 3. The summed E-state index contributed by atoms with van der Waals surface area (Å²) >= 11 is 7.55. The van der Waals surface area contributed by atoms with Gasteiger partial charge in [-0.1, -0.05) is 11.6 Å². The number of aromatic nitrogens is 1. The number of thiazole rings is 1. The summed E-state index contributed by atoms with van der Waals surface area (Å²) in [6.07, 6.45) is 0. The first kappa shape index (κ1) is 17.9. The number of halogens is 2. The number of rotatable bonds is 5. The summed E-state index contributed by atoms with van der Waals surface area (Å²) < 4.78 is 19.4. The van der Waals surface area contributed by atoms with E-state index in [0.717, 1.165) is 31.3 Å². The molecule has 0 bridgehead atoms. The molecule has 25 heavy (non-hydrogen) atoms. The molecule has 0 radical (unpaired) electrons. The Kier molecular flexibility index (Phi) is 5.41. The molecule has 0 unspecified atom stereocenters. The van der Waals surface area contributed by atoms with Crippen molar-refractivity contribution in [1.29, 1.82) is 0 Å². The molecule has 6 nitrogen and oxygen atoms in total. The van der Waals surface area contributed by atoms with Crippen LogP contribution in [0.5, 0.6) is 5.75 Å². The Morgan fingerprint density at radius 2 is 2.12 bits per heavy atom. The van der Waals surface area contributed by atoms with Crippen molar-refractivity contribution in [3.05, 3.63) is 39.6 Å². The molecule has 2 heterocycles. The van der Waals surface area contributed by atoms with E-state index in [4.69, 9.17) is 22.1 Å². The van der Waals surface area contributed by atoms with Crippen molar-refractivity contribution in [3.8, 4) is 5.75 Å². The second-order valence-corrected chi connectivity index (χ2v) is 6.93. The van der Waals surface area contributed by atoms with Gasteiger partial charge in [-0.2, -0.15) is 0 Å². The highest BCUT2D eigenvalue weighted by atomic mass is 35.5. The number of methoxy groups -OCH3 is 1. The summed E-state index contributed by atoms with van der Waals surface area (Å²) in [6, 6.07) is 3.17. The molecule has 1 aromatic carbocycles. The highest BCUT2D eigenvalue weighted by molar-refractivity contribution is 7.13. The van der Waals surface area contributed by atoms with Gasteiger partial charge in [-0.25, -0.2) is 9.37 Å². The molecule has 1 aliphatic rings. The molecule has 134 valence electrons. The highest BCUT2D eigenvalue weighted by Crippen LogP contribution is 2.29. The van der Waals surface area contributed by atoms with Crippen molar-refractivity contribution in [2.75, 3.05) is 38.2 Å². The van der Waals surface area contributed by atoms with Crippen LogP contribution in [0.15, 0.2) is 17.5 Å². The number of hydrogen-bond donors (Lipinski definition) is 1. The Hall–Kier alpha value is -1.90. The number of benzene rings is 1. The van der Waals surface area contributed by atoms with Crippen LogP contribution in [0.3, 0.4) is 0 Å². The molecule has 9 heteroatoms. The lowest BCUT2D eigenvalue weighted by atomic mass is 10.1. The van der Waals surface area contributed by atoms with E-state index in [0.29, 0.717) is 17.1 Å². The Morgan fingerprint density at radius 3 is 2.72 bits per heavy atom. The molecule has 2 N–H and O–H groups in total. The fourth-order valence-corrected chi connectivity index (χ4v) is 3.80. The monoisotopic (exact) mass is 384 g/mol. The van der Waals surface area contributed by atoms with Gasteiger partial charge in [-0.3, -0.25) is 9.69 Å². The molecule has 1 amide bonds. The molecule has 0 atom stereocenters. The third-order valence-corrected chi connectivity index (χ3v) is 5.40. The zero-order valence-corrected chi connectivity index (χ0v) is 15.2. The van der Waals surface area contributed by atoms with Gasteiger partial charge in [0.25, 0.3) is 5.91 Å². The first-order valence-corrected chi connectivity index (χ1v) is 8.99. The maximum atomic E-state index is 14.4. The SMILES string of the molecule is COc1ccc(Cl)c(CN2CCN(c3nc(C(N)=O)cs3)CC2)c1F. The minimum atomic E-state index is -0.524. The fourth-order valence-electron chi connectivity index (χ4n) is 2.72. The Labute approximate surface area is 154 Å². The molecule has 1 saturated heterocycles. The second-order valence-electron chi connectivity index (χ2n) is 5.68. The first-order valence-electron chi connectivity index (χ1n) is 7.73. The number of piperazine rings is 1. The summed E-state index contributed by atoms with van der Waals surface area (Å²) in [5.74, 6) is -0.743. The number of hydrogen-bond acceptors (Lipinski definition) is 6. The second kappa shape index (κ2) is 7.55. The number of carbonyl (C=O) groups is 1. The molecule has 0 saturated carbocycles. The number of carbonyl (C=O) groups excluding carboxylic acids is 1. The highest BCUT2D eigenvalue weighted by Gasteiger charge is 2.22. The average Bonchev–Trinajstić information content (AvgIpc) is 3.10. The lowest BCUT2D eigenvalue weighted by Crippen LogP contribution is -2.46. The van der Waals surface area contributed by atoms with Crippen LogP contribution >= 0.6 is 22.9 Å². The van der Waals surface area contributed by atoms with Crippen molar-refractivity contribution in [3.63, 3.8) is 0 Å². The predicted molar refractivity (Wildman–Crippen MR) is 96.1 cm³/mol. The Bertz CT molecular complexity index is 777. The van der Waals surface area contributed by atoms with Crippen LogP contribution in [0.2, 0.25) is 5.02 Å². The Morgan fingerprint density at radius 1 is 1.40 bits per heavy atom. The topological polar surface area (TPSA) is 71.7 Å². The fraction of sp³-hybridized carbons (Fsp3) is 0.375. The zero-order valence-electron chi connectivity index (χ0n) is 13.7. The number of ether oxygens (including phenoxy) is 1. The molecule has 3 rings (SSSR count). The molecule has 0 aliphatic carbocycles. The van der Waals surface area contributed by atoms with Crippen LogP contribution in [-0.2, 0) is 6.54 Å². The molecule has 1 aromatic heterocycles. The van der Waals surface area contributed by atoms with Crippen molar-refractivity contribution < 1.29 is 13.9 Å². The van der Waals surface area contributed by atoms with E-state index in [9.17, 15) is 9.18 Å².